The maximum absolute atomic E-state index is 13.1. The van der Waals surface area contributed by atoms with E-state index in [1.54, 1.807) is 12.5 Å². The van der Waals surface area contributed by atoms with E-state index in [1.165, 1.54) is 0 Å². The summed E-state index contributed by atoms with van der Waals surface area (Å²) in [5.74, 6) is 1.69. The van der Waals surface area contributed by atoms with Crippen LogP contribution in [0.5, 0.6) is 0 Å². The molecule has 3 aliphatic heterocycles. The number of aryl methyl sites for hydroxylation is 1. The Morgan fingerprint density at radius 2 is 1.83 bits per heavy atom. The number of piperidine rings is 1. The van der Waals surface area contributed by atoms with Crippen LogP contribution in [-0.4, -0.2) is 98.7 Å². The van der Waals surface area contributed by atoms with Crippen molar-refractivity contribution < 1.29 is 18.7 Å². The van der Waals surface area contributed by atoms with Crippen molar-refractivity contribution in [3.63, 3.8) is 0 Å². The van der Waals surface area contributed by atoms with Crippen LogP contribution in [0, 0.1) is 5.41 Å². The van der Waals surface area contributed by atoms with Crippen LogP contribution in [0.4, 0.5) is 0 Å². The summed E-state index contributed by atoms with van der Waals surface area (Å²) in [6.45, 7) is 9.77. The predicted molar refractivity (Wildman–Crippen MR) is 130 cm³/mol. The van der Waals surface area contributed by atoms with Gasteiger partial charge in [-0.1, -0.05) is 13.8 Å². The molecule has 1 unspecified atom stereocenters. The molecule has 3 fully saturated rings. The molecule has 2 aromatic heterocycles. The largest absolute Gasteiger partial charge is 0.423 e. The van der Waals surface area contributed by atoms with E-state index in [1.807, 2.05) is 34.4 Å². The number of amides is 2. The molecular formula is C25H37N7O4. The first kappa shape index (κ1) is 24.9. The summed E-state index contributed by atoms with van der Waals surface area (Å²) in [7, 11) is 0. The van der Waals surface area contributed by atoms with Gasteiger partial charge in [0.15, 0.2) is 0 Å². The van der Waals surface area contributed by atoms with Gasteiger partial charge in [0, 0.05) is 64.0 Å². The summed E-state index contributed by atoms with van der Waals surface area (Å²) in [4.78, 5) is 36.1. The summed E-state index contributed by atoms with van der Waals surface area (Å²) >= 11 is 0. The zero-order chi connectivity index (χ0) is 25.1. The molecule has 11 heteroatoms. The lowest BCUT2D eigenvalue weighted by Gasteiger charge is -2.39. The van der Waals surface area contributed by atoms with E-state index < -0.39 is 0 Å². The monoisotopic (exact) mass is 499 g/mol. The summed E-state index contributed by atoms with van der Waals surface area (Å²) in [5.41, 5.74) is 0.0313. The zero-order valence-corrected chi connectivity index (χ0v) is 21.3. The second-order valence-electron chi connectivity index (χ2n) is 10.7. The van der Waals surface area contributed by atoms with Crippen molar-refractivity contribution in [2.24, 2.45) is 5.41 Å². The van der Waals surface area contributed by atoms with Gasteiger partial charge in [-0.2, -0.15) is 0 Å². The average Bonchev–Trinajstić information content (AvgIpc) is 3.64. The third-order valence-corrected chi connectivity index (χ3v) is 7.86. The van der Waals surface area contributed by atoms with E-state index in [2.05, 4.69) is 20.1 Å². The Morgan fingerprint density at radius 1 is 1.08 bits per heavy atom. The molecule has 2 amide bonds. The molecule has 36 heavy (non-hydrogen) atoms. The number of imidazole rings is 1. The highest BCUT2D eigenvalue weighted by molar-refractivity contribution is 5.78. The fraction of sp³-hybridized carbons (Fsp3) is 0.720. The number of hydrogen-bond donors (Lipinski definition) is 0. The molecule has 0 saturated carbocycles. The van der Waals surface area contributed by atoms with Crippen LogP contribution in [0.1, 0.15) is 63.3 Å². The topological polar surface area (TPSA) is 110 Å². The van der Waals surface area contributed by atoms with Crippen molar-refractivity contribution in [3.8, 4) is 0 Å². The van der Waals surface area contributed by atoms with Crippen molar-refractivity contribution in [1.82, 2.24) is 34.4 Å². The number of hydrogen-bond acceptors (Lipinski definition) is 8. The molecule has 11 nitrogen and oxygen atoms in total. The molecule has 0 N–H and O–H groups in total. The van der Waals surface area contributed by atoms with Crippen molar-refractivity contribution in [2.75, 3.05) is 52.5 Å². The highest BCUT2D eigenvalue weighted by Gasteiger charge is 2.49. The van der Waals surface area contributed by atoms with Gasteiger partial charge in [-0.25, -0.2) is 4.98 Å². The highest BCUT2D eigenvalue weighted by atomic mass is 16.5. The van der Waals surface area contributed by atoms with Crippen LogP contribution >= 0.6 is 0 Å². The number of morpholine rings is 1. The third kappa shape index (κ3) is 5.46. The Kier molecular flexibility index (Phi) is 7.38. The first-order chi connectivity index (χ1) is 17.4. The van der Waals surface area contributed by atoms with Crippen LogP contribution in [-0.2, 0) is 20.9 Å². The molecule has 0 aromatic carbocycles. The van der Waals surface area contributed by atoms with Crippen LogP contribution in [0.25, 0.3) is 0 Å². The number of carbonyl (C=O) groups is 2. The van der Waals surface area contributed by atoms with E-state index in [9.17, 15) is 9.59 Å². The smallest absolute Gasteiger partial charge is 0.236 e. The van der Waals surface area contributed by atoms with Crippen LogP contribution in [0.2, 0.25) is 0 Å². The molecule has 0 radical (unpaired) electrons. The van der Waals surface area contributed by atoms with E-state index in [4.69, 9.17) is 9.15 Å². The van der Waals surface area contributed by atoms with Gasteiger partial charge in [0.05, 0.1) is 32.1 Å². The minimum absolute atomic E-state index is 0.0313. The third-order valence-electron chi connectivity index (χ3n) is 7.86. The highest BCUT2D eigenvalue weighted by Crippen LogP contribution is 2.48. The van der Waals surface area contributed by atoms with Gasteiger partial charge in [-0.05, 0) is 24.7 Å². The molecule has 196 valence electrons. The van der Waals surface area contributed by atoms with E-state index in [0.717, 1.165) is 38.9 Å². The number of carbonyl (C=O) groups excluding carboxylic acids is 2. The average molecular weight is 500 g/mol. The van der Waals surface area contributed by atoms with Crippen LogP contribution in [0.3, 0.4) is 0 Å². The van der Waals surface area contributed by atoms with E-state index in [-0.39, 0.29) is 29.2 Å². The summed E-state index contributed by atoms with van der Waals surface area (Å²) in [5, 5.41) is 8.64. The van der Waals surface area contributed by atoms with Crippen LogP contribution in [0.15, 0.2) is 23.1 Å². The summed E-state index contributed by atoms with van der Waals surface area (Å²) in [6, 6.07) is -0.0847. The molecule has 1 spiro atoms. The number of aromatic nitrogens is 4. The Balaban J connectivity index is 1.24. The van der Waals surface area contributed by atoms with E-state index >= 15 is 0 Å². The second kappa shape index (κ2) is 10.7. The molecule has 3 aliphatic rings. The van der Waals surface area contributed by atoms with Gasteiger partial charge in [0.25, 0.3) is 0 Å². The Hall–Kier alpha value is -2.79. The molecule has 0 bridgehead atoms. The maximum Gasteiger partial charge on any atom is 0.236 e. The van der Waals surface area contributed by atoms with Gasteiger partial charge >= 0.3 is 0 Å². The Morgan fingerprint density at radius 3 is 2.50 bits per heavy atom. The fourth-order valence-electron chi connectivity index (χ4n) is 5.65. The maximum atomic E-state index is 13.1. The van der Waals surface area contributed by atoms with Gasteiger partial charge in [-0.15, -0.1) is 10.2 Å². The Labute approximate surface area is 211 Å². The van der Waals surface area contributed by atoms with Crippen molar-refractivity contribution in [1.29, 1.82) is 0 Å². The lowest BCUT2D eigenvalue weighted by molar-refractivity contribution is -0.136. The standard InChI is InChI=1S/C25H37N7O4/c1-19(2)23-27-28-24(36-23)20-15-25(17-32(20)16-22(34)31-11-13-35-14-12-31)4-8-30(9-5-25)21(33)3-7-29-10-6-26-18-29/h6,10,18-20H,3-5,7-9,11-17H2,1-2H3. The first-order valence-electron chi connectivity index (χ1n) is 13.1. The number of ether oxygens (including phenoxy) is 1. The molecule has 0 aliphatic carbocycles. The second-order valence-corrected chi connectivity index (χ2v) is 10.7. The SMILES string of the molecule is CC(C)c1nnc(C2CC3(CCN(C(=O)CCn4ccnc4)CC3)CN2CC(=O)N2CCOCC2)o1. The number of rotatable bonds is 7. The lowest BCUT2D eigenvalue weighted by Crippen LogP contribution is -2.47. The zero-order valence-electron chi connectivity index (χ0n) is 21.3. The molecule has 5 heterocycles. The number of likely N-dealkylation sites (tertiary alicyclic amines) is 2. The quantitative estimate of drug-likeness (QED) is 0.566. The van der Waals surface area contributed by atoms with Gasteiger partial charge in [0.2, 0.25) is 23.6 Å². The van der Waals surface area contributed by atoms with Gasteiger partial charge in [-0.3, -0.25) is 14.5 Å². The van der Waals surface area contributed by atoms with Crippen molar-refractivity contribution in [2.45, 2.75) is 58.0 Å². The molecule has 5 rings (SSSR count). The summed E-state index contributed by atoms with van der Waals surface area (Å²) in [6.07, 6.45) is 8.51. The van der Waals surface area contributed by atoms with Gasteiger partial charge < -0.3 is 23.5 Å². The molecular weight excluding hydrogens is 462 g/mol. The predicted octanol–water partition coefficient (Wildman–Crippen LogP) is 1.69. The molecule has 1 atom stereocenters. The molecule has 2 aromatic rings. The normalized spacial score (nSPS) is 22.6. The summed E-state index contributed by atoms with van der Waals surface area (Å²) < 4.78 is 13.4. The van der Waals surface area contributed by atoms with Crippen LogP contribution < -0.4 is 0 Å². The van der Waals surface area contributed by atoms with E-state index in [0.29, 0.717) is 57.6 Å². The minimum atomic E-state index is -0.0847. The van der Waals surface area contributed by atoms with Crippen molar-refractivity contribution >= 4 is 11.8 Å². The van der Waals surface area contributed by atoms with Gasteiger partial charge in [0.1, 0.15) is 0 Å². The Bertz CT molecular complexity index is 1020. The van der Waals surface area contributed by atoms with Crippen molar-refractivity contribution in [3.05, 3.63) is 30.5 Å². The first-order valence-corrected chi connectivity index (χ1v) is 13.1. The lowest BCUT2D eigenvalue weighted by atomic mass is 9.76. The fourth-order valence-corrected chi connectivity index (χ4v) is 5.65. The number of nitrogens with zero attached hydrogens (tertiary/aromatic N) is 7. The molecule has 3 saturated heterocycles. The minimum Gasteiger partial charge on any atom is -0.423 e.